The normalized spacial score (nSPS) is 18.0. The van der Waals surface area contributed by atoms with Crippen LogP contribution in [0.15, 0.2) is 52.3 Å². The van der Waals surface area contributed by atoms with Gasteiger partial charge in [0, 0.05) is 27.8 Å². The number of hydrogen-bond donors (Lipinski definition) is 3. The van der Waals surface area contributed by atoms with Gasteiger partial charge in [0.15, 0.2) is 0 Å². The quantitative estimate of drug-likeness (QED) is 0.514. The molecule has 4 rings (SSSR count). The average molecular weight is 508 g/mol. The first-order valence-electron chi connectivity index (χ1n) is 10.8. The van der Waals surface area contributed by atoms with Crippen LogP contribution in [0.1, 0.15) is 30.1 Å². The minimum Gasteiger partial charge on any atom is -0.481 e. The van der Waals surface area contributed by atoms with Crippen LogP contribution >= 0.6 is 23.4 Å². The van der Waals surface area contributed by atoms with Gasteiger partial charge in [-0.3, -0.25) is 4.79 Å². The fourth-order valence-electron chi connectivity index (χ4n) is 3.95. The fraction of sp³-hybridized carbons (Fsp3) is 0.375. The number of benzene rings is 2. The number of carboxylic acids is 3. The standard InChI is InChI=1S/C22H24ClNO3S.C2H2O4/c23-17-5-6-20-16(13-17)14-19(18-3-1-2-4-21(18)28-20)27-12-11-24-9-7-15(8-10-24)22(25)26;3-1(4)2(5)6/h1-6,13,15,19H,7-12,14H2,(H,25,26);(H,3,4)(H,5,6). The molecule has 1 atom stereocenters. The van der Waals surface area contributed by atoms with Crippen molar-refractivity contribution in [3.63, 3.8) is 0 Å². The number of halogens is 1. The van der Waals surface area contributed by atoms with Crippen molar-refractivity contribution in [3.05, 3.63) is 58.6 Å². The molecule has 0 bridgehead atoms. The lowest BCUT2D eigenvalue weighted by molar-refractivity contribution is -0.159. The molecule has 0 radical (unpaired) electrons. The molecule has 0 saturated carbocycles. The molecule has 1 fully saturated rings. The van der Waals surface area contributed by atoms with E-state index in [0.717, 1.165) is 43.9 Å². The molecule has 2 aliphatic rings. The first-order valence-corrected chi connectivity index (χ1v) is 12.0. The van der Waals surface area contributed by atoms with E-state index in [1.54, 1.807) is 11.8 Å². The van der Waals surface area contributed by atoms with Crippen molar-refractivity contribution < 1.29 is 34.4 Å². The zero-order valence-electron chi connectivity index (χ0n) is 18.4. The van der Waals surface area contributed by atoms with Crippen LogP contribution in [0.5, 0.6) is 0 Å². The van der Waals surface area contributed by atoms with Gasteiger partial charge in [-0.2, -0.15) is 0 Å². The highest BCUT2D eigenvalue weighted by atomic mass is 35.5. The number of likely N-dealkylation sites (tertiary alicyclic amines) is 1. The van der Waals surface area contributed by atoms with Gasteiger partial charge in [-0.25, -0.2) is 9.59 Å². The zero-order valence-corrected chi connectivity index (χ0v) is 19.9. The number of nitrogens with zero attached hydrogens (tertiary/aromatic N) is 1. The highest BCUT2D eigenvalue weighted by Crippen LogP contribution is 2.42. The minimum atomic E-state index is -1.82. The molecule has 182 valence electrons. The number of rotatable bonds is 5. The van der Waals surface area contributed by atoms with Gasteiger partial charge in [0.1, 0.15) is 0 Å². The van der Waals surface area contributed by atoms with E-state index >= 15 is 0 Å². The fourth-order valence-corrected chi connectivity index (χ4v) is 5.26. The molecule has 1 saturated heterocycles. The van der Waals surface area contributed by atoms with Crippen LogP contribution in [-0.4, -0.2) is 64.4 Å². The summed E-state index contributed by atoms with van der Waals surface area (Å²) in [5.74, 6) is -4.50. The van der Waals surface area contributed by atoms with Crippen LogP contribution < -0.4 is 0 Å². The summed E-state index contributed by atoms with van der Waals surface area (Å²) in [5.41, 5.74) is 2.45. The number of aliphatic carboxylic acids is 3. The Morgan fingerprint density at radius 2 is 1.68 bits per heavy atom. The van der Waals surface area contributed by atoms with Crippen LogP contribution in [0.3, 0.4) is 0 Å². The number of carbonyl (C=O) groups is 3. The lowest BCUT2D eigenvalue weighted by Crippen LogP contribution is -2.38. The summed E-state index contributed by atoms with van der Waals surface area (Å²) in [7, 11) is 0. The second-order valence-corrected chi connectivity index (χ2v) is 9.54. The number of piperidine rings is 1. The number of carboxylic acid groups (broad SMARTS) is 3. The summed E-state index contributed by atoms with van der Waals surface area (Å²) in [5, 5.41) is 24.7. The number of hydrogen-bond acceptors (Lipinski definition) is 6. The third kappa shape index (κ3) is 7.20. The van der Waals surface area contributed by atoms with E-state index in [2.05, 4.69) is 35.2 Å². The van der Waals surface area contributed by atoms with E-state index in [9.17, 15) is 4.79 Å². The smallest absolute Gasteiger partial charge is 0.414 e. The SMILES string of the molecule is O=C(O)C(=O)O.O=C(O)C1CCN(CCOC2Cc3cc(Cl)ccc3Sc3ccccc32)CC1. The molecule has 8 nitrogen and oxygen atoms in total. The van der Waals surface area contributed by atoms with Gasteiger partial charge in [0.05, 0.1) is 18.6 Å². The zero-order chi connectivity index (χ0) is 24.7. The molecule has 1 unspecified atom stereocenters. The van der Waals surface area contributed by atoms with Crippen molar-refractivity contribution in [2.45, 2.75) is 35.2 Å². The third-order valence-electron chi connectivity index (χ3n) is 5.76. The predicted molar refractivity (Wildman–Crippen MR) is 126 cm³/mol. The van der Waals surface area contributed by atoms with Crippen LogP contribution in [0.4, 0.5) is 0 Å². The molecule has 2 aromatic carbocycles. The molecular weight excluding hydrogens is 482 g/mol. The van der Waals surface area contributed by atoms with Gasteiger partial charge in [-0.15, -0.1) is 0 Å². The first kappa shape index (κ1) is 26.0. The molecule has 34 heavy (non-hydrogen) atoms. The Morgan fingerprint density at radius 1 is 1.00 bits per heavy atom. The molecule has 0 aliphatic carbocycles. The predicted octanol–water partition coefficient (Wildman–Crippen LogP) is 4.06. The minimum absolute atomic E-state index is 0.0000229. The van der Waals surface area contributed by atoms with Crippen LogP contribution in [-0.2, 0) is 25.5 Å². The van der Waals surface area contributed by atoms with E-state index in [-0.39, 0.29) is 12.0 Å². The molecule has 2 aromatic rings. The Kier molecular flexibility index (Phi) is 9.35. The monoisotopic (exact) mass is 507 g/mol. The summed E-state index contributed by atoms with van der Waals surface area (Å²) >= 11 is 8.01. The Bertz CT molecular complexity index is 1030. The average Bonchev–Trinajstić information content (AvgIpc) is 2.96. The van der Waals surface area contributed by atoms with Crippen molar-refractivity contribution in [3.8, 4) is 0 Å². The van der Waals surface area contributed by atoms with Crippen molar-refractivity contribution in [2.75, 3.05) is 26.2 Å². The van der Waals surface area contributed by atoms with E-state index in [4.69, 9.17) is 41.2 Å². The molecule has 2 heterocycles. The maximum absolute atomic E-state index is 11.1. The maximum Gasteiger partial charge on any atom is 0.414 e. The van der Waals surface area contributed by atoms with Crippen LogP contribution in [0.2, 0.25) is 5.02 Å². The number of fused-ring (bicyclic) bond motifs is 2. The highest BCUT2D eigenvalue weighted by Gasteiger charge is 2.26. The third-order valence-corrected chi connectivity index (χ3v) is 7.20. The molecule has 0 amide bonds. The van der Waals surface area contributed by atoms with Crippen molar-refractivity contribution in [1.82, 2.24) is 4.90 Å². The lowest BCUT2D eigenvalue weighted by atomic mass is 9.97. The van der Waals surface area contributed by atoms with E-state index in [1.165, 1.54) is 20.9 Å². The van der Waals surface area contributed by atoms with Gasteiger partial charge < -0.3 is 25.0 Å². The van der Waals surface area contributed by atoms with Gasteiger partial charge in [0.25, 0.3) is 0 Å². The Morgan fingerprint density at radius 3 is 2.32 bits per heavy atom. The second-order valence-electron chi connectivity index (χ2n) is 8.02. The summed E-state index contributed by atoms with van der Waals surface area (Å²) < 4.78 is 6.35. The van der Waals surface area contributed by atoms with Crippen molar-refractivity contribution in [2.24, 2.45) is 5.92 Å². The maximum atomic E-state index is 11.1. The molecular formula is C24H26ClNO7S. The Balaban J connectivity index is 0.000000481. The van der Waals surface area contributed by atoms with Gasteiger partial charge in [0.2, 0.25) is 0 Å². The highest BCUT2D eigenvalue weighted by molar-refractivity contribution is 7.99. The molecule has 2 aliphatic heterocycles. The number of ether oxygens (including phenoxy) is 1. The van der Waals surface area contributed by atoms with E-state index in [0.29, 0.717) is 6.61 Å². The van der Waals surface area contributed by atoms with Crippen molar-refractivity contribution >= 4 is 41.3 Å². The van der Waals surface area contributed by atoms with Crippen LogP contribution in [0, 0.1) is 5.92 Å². The van der Waals surface area contributed by atoms with Crippen molar-refractivity contribution in [1.29, 1.82) is 0 Å². The largest absolute Gasteiger partial charge is 0.481 e. The topological polar surface area (TPSA) is 124 Å². The Hall–Kier alpha value is -2.59. The summed E-state index contributed by atoms with van der Waals surface area (Å²) in [4.78, 5) is 34.1. The van der Waals surface area contributed by atoms with Gasteiger partial charge in [-0.1, -0.05) is 41.6 Å². The molecule has 0 aromatic heterocycles. The summed E-state index contributed by atoms with van der Waals surface area (Å²) in [6, 6.07) is 14.5. The van der Waals surface area contributed by atoms with Gasteiger partial charge >= 0.3 is 17.9 Å². The summed E-state index contributed by atoms with van der Waals surface area (Å²) in [6.07, 6.45) is 2.26. The summed E-state index contributed by atoms with van der Waals surface area (Å²) in [6.45, 7) is 3.13. The molecule has 3 N–H and O–H groups in total. The molecule has 0 spiro atoms. The van der Waals surface area contributed by atoms with E-state index in [1.807, 2.05) is 12.1 Å². The Labute approximate surface area is 206 Å². The van der Waals surface area contributed by atoms with Crippen LogP contribution in [0.25, 0.3) is 0 Å². The van der Waals surface area contributed by atoms with Gasteiger partial charge in [-0.05, 0) is 61.3 Å². The lowest BCUT2D eigenvalue weighted by Gasteiger charge is -2.30. The first-order chi connectivity index (χ1) is 16.2. The molecule has 10 heteroatoms. The second kappa shape index (κ2) is 12.2. The van der Waals surface area contributed by atoms with E-state index < -0.39 is 17.9 Å².